The number of anilines is 3. The van der Waals surface area contributed by atoms with Crippen molar-refractivity contribution in [2.24, 2.45) is 0 Å². The van der Waals surface area contributed by atoms with E-state index in [-0.39, 0.29) is 5.88 Å². The van der Waals surface area contributed by atoms with Crippen LogP contribution < -0.4 is 15.8 Å². The topological polar surface area (TPSA) is 73.1 Å². The standard InChI is InChI=1S/C16H12Cl2N4O/c17-12-7-6-10(8-13(12)18)22-15-14(19)16(21-9-20-15)23-11-4-2-1-3-5-11/h1-9H,19H2,(H,20,21,22). The van der Waals surface area contributed by atoms with Crippen molar-refractivity contribution in [2.45, 2.75) is 0 Å². The first kappa shape index (κ1) is 15.4. The molecule has 0 spiro atoms. The van der Waals surface area contributed by atoms with Crippen LogP contribution in [0.5, 0.6) is 11.6 Å². The van der Waals surface area contributed by atoms with Crippen LogP contribution in [0.15, 0.2) is 54.9 Å². The smallest absolute Gasteiger partial charge is 0.248 e. The van der Waals surface area contributed by atoms with Crippen molar-refractivity contribution < 1.29 is 4.74 Å². The Morgan fingerprint density at radius 2 is 1.74 bits per heavy atom. The van der Waals surface area contributed by atoms with E-state index in [4.69, 9.17) is 33.7 Å². The number of hydrogen-bond acceptors (Lipinski definition) is 5. The second-order valence-corrected chi connectivity index (χ2v) is 5.42. The molecule has 0 atom stereocenters. The summed E-state index contributed by atoms with van der Waals surface area (Å²) < 4.78 is 5.67. The molecule has 0 aliphatic heterocycles. The molecule has 23 heavy (non-hydrogen) atoms. The molecule has 0 saturated heterocycles. The van der Waals surface area contributed by atoms with Crippen molar-refractivity contribution >= 4 is 40.4 Å². The zero-order valence-corrected chi connectivity index (χ0v) is 13.3. The highest BCUT2D eigenvalue weighted by atomic mass is 35.5. The van der Waals surface area contributed by atoms with Gasteiger partial charge in [0.15, 0.2) is 5.82 Å². The first-order valence-electron chi connectivity index (χ1n) is 6.69. The maximum Gasteiger partial charge on any atom is 0.248 e. The van der Waals surface area contributed by atoms with Crippen molar-refractivity contribution in [2.75, 3.05) is 11.1 Å². The Bertz CT molecular complexity index is 828. The summed E-state index contributed by atoms with van der Waals surface area (Å²) in [6, 6.07) is 14.4. The number of halogens is 2. The van der Waals surface area contributed by atoms with Crippen molar-refractivity contribution in [3.63, 3.8) is 0 Å². The molecule has 3 aromatic rings. The molecular weight excluding hydrogens is 335 g/mol. The second-order valence-electron chi connectivity index (χ2n) is 4.61. The average molecular weight is 347 g/mol. The van der Waals surface area contributed by atoms with Gasteiger partial charge in [0.2, 0.25) is 5.88 Å². The molecule has 0 fully saturated rings. The Kier molecular flexibility index (Phi) is 4.50. The van der Waals surface area contributed by atoms with Gasteiger partial charge in [0, 0.05) is 5.69 Å². The van der Waals surface area contributed by atoms with E-state index in [0.29, 0.717) is 33.0 Å². The number of nitrogens with one attached hydrogen (secondary N) is 1. The van der Waals surface area contributed by atoms with Crippen LogP contribution >= 0.6 is 23.2 Å². The third kappa shape index (κ3) is 3.64. The highest BCUT2D eigenvalue weighted by Gasteiger charge is 2.11. The van der Waals surface area contributed by atoms with E-state index in [9.17, 15) is 0 Å². The Labute approximate surface area is 143 Å². The van der Waals surface area contributed by atoms with Crippen LogP contribution in [0.3, 0.4) is 0 Å². The van der Waals surface area contributed by atoms with E-state index in [1.54, 1.807) is 18.2 Å². The molecule has 3 rings (SSSR count). The first-order chi connectivity index (χ1) is 11.1. The molecular formula is C16H12Cl2N4O. The van der Waals surface area contributed by atoms with Crippen LogP contribution in [0.4, 0.5) is 17.2 Å². The minimum absolute atomic E-state index is 0.272. The Morgan fingerprint density at radius 1 is 0.957 bits per heavy atom. The van der Waals surface area contributed by atoms with Crippen LogP contribution in [0, 0.1) is 0 Å². The number of aromatic nitrogens is 2. The molecule has 0 radical (unpaired) electrons. The van der Waals surface area contributed by atoms with Gasteiger partial charge in [0.25, 0.3) is 0 Å². The maximum atomic E-state index is 6.08. The summed E-state index contributed by atoms with van der Waals surface area (Å²) in [5.41, 5.74) is 7.07. The molecule has 0 aliphatic rings. The minimum Gasteiger partial charge on any atom is -0.437 e. The summed E-state index contributed by atoms with van der Waals surface area (Å²) in [7, 11) is 0. The van der Waals surface area contributed by atoms with E-state index in [1.165, 1.54) is 6.33 Å². The van der Waals surface area contributed by atoms with Gasteiger partial charge in [-0.15, -0.1) is 0 Å². The molecule has 7 heteroatoms. The fraction of sp³-hybridized carbons (Fsp3) is 0. The summed E-state index contributed by atoms with van der Waals surface area (Å²) >= 11 is 11.9. The van der Waals surface area contributed by atoms with Crippen molar-refractivity contribution in [1.29, 1.82) is 0 Å². The summed E-state index contributed by atoms with van der Waals surface area (Å²) in [5, 5.41) is 3.98. The monoisotopic (exact) mass is 346 g/mol. The molecule has 2 aromatic carbocycles. The normalized spacial score (nSPS) is 10.3. The van der Waals surface area contributed by atoms with Crippen LogP contribution in [0.25, 0.3) is 0 Å². The third-order valence-electron chi connectivity index (χ3n) is 2.99. The molecule has 3 N–H and O–H groups in total. The fourth-order valence-electron chi connectivity index (χ4n) is 1.87. The molecule has 0 saturated carbocycles. The lowest BCUT2D eigenvalue weighted by atomic mass is 10.3. The quantitative estimate of drug-likeness (QED) is 0.702. The zero-order valence-electron chi connectivity index (χ0n) is 11.8. The SMILES string of the molecule is Nc1c(Nc2ccc(Cl)c(Cl)c2)ncnc1Oc1ccccc1. The van der Waals surface area contributed by atoms with E-state index >= 15 is 0 Å². The Hall–Kier alpha value is -2.50. The molecule has 0 unspecified atom stereocenters. The average Bonchev–Trinajstić information content (AvgIpc) is 2.56. The summed E-state index contributed by atoms with van der Waals surface area (Å²) in [4.78, 5) is 8.19. The molecule has 5 nitrogen and oxygen atoms in total. The predicted octanol–water partition coefficient (Wildman–Crippen LogP) is 4.90. The van der Waals surface area contributed by atoms with Crippen LogP contribution in [-0.2, 0) is 0 Å². The largest absolute Gasteiger partial charge is 0.437 e. The molecule has 1 aromatic heterocycles. The lowest BCUT2D eigenvalue weighted by molar-refractivity contribution is 0.464. The lowest BCUT2D eigenvalue weighted by Gasteiger charge is -2.12. The van der Waals surface area contributed by atoms with Crippen molar-refractivity contribution in [1.82, 2.24) is 9.97 Å². The number of nitrogens with two attached hydrogens (primary N) is 1. The fourth-order valence-corrected chi connectivity index (χ4v) is 2.17. The minimum atomic E-state index is 0.272. The second kappa shape index (κ2) is 6.73. The van der Waals surface area contributed by atoms with Gasteiger partial charge < -0.3 is 15.8 Å². The van der Waals surface area contributed by atoms with Gasteiger partial charge in [0.05, 0.1) is 10.0 Å². The van der Waals surface area contributed by atoms with Gasteiger partial charge in [-0.25, -0.2) is 4.98 Å². The highest BCUT2D eigenvalue weighted by molar-refractivity contribution is 6.42. The third-order valence-corrected chi connectivity index (χ3v) is 3.73. The number of benzene rings is 2. The Balaban J connectivity index is 1.86. The molecule has 1 heterocycles. The molecule has 0 aliphatic carbocycles. The number of para-hydroxylation sites is 1. The lowest BCUT2D eigenvalue weighted by Crippen LogP contribution is -2.03. The van der Waals surface area contributed by atoms with E-state index in [2.05, 4.69) is 15.3 Å². The highest BCUT2D eigenvalue weighted by Crippen LogP contribution is 2.32. The predicted molar refractivity (Wildman–Crippen MR) is 92.7 cm³/mol. The number of ether oxygens (including phenoxy) is 1. The summed E-state index contributed by atoms with van der Waals surface area (Å²) in [5.74, 6) is 1.33. The first-order valence-corrected chi connectivity index (χ1v) is 7.44. The number of rotatable bonds is 4. The van der Waals surface area contributed by atoms with Gasteiger partial charge in [-0.2, -0.15) is 4.98 Å². The van der Waals surface area contributed by atoms with E-state index in [0.717, 1.165) is 0 Å². The van der Waals surface area contributed by atoms with Crippen LogP contribution in [0.1, 0.15) is 0 Å². The van der Waals surface area contributed by atoms with Gasteiger partial charge in [-0.1, -0.05) is 41.4 Å². The zero-order chi connectivity index (χ0) is 16.2. The summed E-state index contributed by atoms with van der Waals surface area (Å²) in [6.07, 6.45) is 1.37. The van der Waals surface area contributed by atoms with E-state index in [1.807, 2.05) is 30.3 Å². The molecule has 0 amide bonds. The number of nitrogen functional groups attached to an aromatic ring is 1. The molecule has 0 bridgehead atoms. The van der Waals surface area contributed by atoms with Crippen LogP contribution in [0.2, 0.25) is 10.0 Å². The number of hydrogen-bond donors (Lipinski definition) is 2. The van der Waals surface area contributed by atoms with Gasteiger partial charge >= 0.3 is 0 Å². The van der Waals surface area contributed by atoms with Gasteiger partial charge in [0.1, 0.15) is 17.8 Å². The van der Waals surface area contributed by atoms with Crippen molar-refractivity contribution in [3.05, 3.63) is 64.9 Å². The van der Waals surface area contributed by atoms with E-state index < -0.39 is 0 Å². The molecule has 116 valence electrons. The van der Waals surface area contributed by atoms with Gasteiger partial charge in [-0.05, 0) is 30.3 Å². The number of nitrogens with zero attached hydrogens (tertiary/aromatic N) is 2. The van der Waals surface area contributed by atoms with Gasteiger partial charge in [-0.3, -0.25) is 0 Å². The van der Waals surface area contributed by atoms with Crippen LogP contribution in [-0.4, -0.2) is 9.97 Å². The summed E-state index contributed by atoms with van der Waals surface area (Å²) in [6.45, 7) is 0. The Morgan fingerprint density at radius 3 is 2.48 bits per heavy atom. The van der Waals surface area contributed by atoms with Crippen molar-refractivity contribution in [3.8, 4) is 11.6 Å². The maximum absolute atomic E-state index is 6.08.